The van der Waals surface area contributed by atoms with Crippen molar-refractivity contribution in [3.05, 3.63) is 82.4 Å². The molecule has 2 aliphatic rings. The molecule has 4 aromatic rings. The highest BCUT2D eigenvalue weighted by molar-refractivity contribution is 7.18. The summed E-state index contributed by atoms with van der Waals surface area (Å²) in [5.74, 6) is 1.21. The number of ether oxygens (including phenoxy) is 1. The maximum atomic E-state index is 13.1. The topological polar surface area (TPSA) is 98.6 Å². The second-order valence-corrected chi connectivity index (χ2v) is 12.5. The number of thiazole rings is 1. The largest absolute Gasteiger partial charge is 0.457 e. The SMILES string of the molecule is Cc1ccc(Oc2ccc3nc(CC(=O)CN4CCN(C)CC4)sc3c2)cc1NC(=O)c1cccc(C2(C#N)CC2)c1. The Bertz CT molecular complexity index is 1700. The third-order valence-corrected chi connectivity index (χ3v) is 9.10. The molecule has 0 spiro atoms. The number of hydrogen-bond acceptors (Lipinski definition) is 8. The maximum absolute atomic E-state index is 13.1. The maximum Gasteiger partial charge on any atom is 0.255 e. The third-order valence-electron chi connectivity index (χ3n) is 8.08. The number of hydrogen-bond donors (Lipinski definition) is 1. The number of Topliss-reactive ketones (excluding diaryl/α,β-unsaturated/α-hetero) is 1. The molecule has 0 bridgehead atoms. The van der Waals surface area contributed by atoms with E-state index >= 15 is 0 Å². The zero-order chi connectivity index (χ0) is 29.3. The number of piperazine rings is 1. The Morgan fingerprint density at radius 1 is 1.05 bits per heavy atom. The highest BCUT2D eigenvalue weighted by Crippen LogP contribution is 2.47. The summed E-state index contributed by atoms with van der Waals surface area (Å²) in [5, 5.41) is 13.4. The van der Waals surface area contributed by atoms with Crippen LogP contribution in [0.25, 0.3) is 10.2 Å². The highest BCUT2D eigenvalue weighted by atomic mass is 32.1. The smallest absolute Gasteiger partial charge is 0.255 e. The minimum atomic E-state index is -0.444. The highest BCUT2D eigenvalue weighted by Gasteiger charge is 2.45. The molecule has 8 nitrogen and oxygen atoms in total. The van der Waals surface area contributed by atoms with Crippen LogP contribution in [0, 0.1) is 18.3 Å². The van der Waals surface area contributed by atoms with Crippen LogP contribution >= 0.6 is 11.3 Å². The van der Waals surface area contributed by atoms with Gasteiger partial charge in [0.15, 0.2) is 5.78 Å². The second-order valence-electron chi connectivity index (χ2n) is 11.3. The van der Waals surface area contributed by atoms with Gasteiger partial charge in [0.2, 0.25) is 0 Å². The first-order valence-electron chi connectivity index (χ1n) is 14.2. The van der Waals surface area contributed by atoms with E-state index in [4.69, 9.17) is 4.74 Å². The van der Waals surface area contributed by atoms with Crippen LogP contribution in [0.5, 0.6) is 11.5 Å². The fraction of sp³-hybridized carbons (Fsp3) is 0.333. The summed E-state index contributed by atoms with van der Waals surface area (Å²) < 4.78 is 7.13. The lowest BCUT2D eigenvalue weighted by molar-refractivity contribution is -0.119. The predicted octanol–water partition coefficient (Wildman–Crippen LogP) is 5.56. The summed E-state index contributed by atoms with van der Waals surface area (Å²) in [6.45, 7) is 6.22. The van der Waals surface area contributed by atoms with Gasteiger partial charge in [0, 0.05) is 49.6 Å². The van der Waals surface area contributed by atoms with Crippen molar-refractivity contribution in [1.82, 2.24) is 14.8 Å². The second kappa shape index (κ2) is 11.6. The van der Waals surface area contributed by atoms with Crippen molar-refractivity contribution >= 4 is 38.9 Å². The Labute approximate surface area is 249 Å². The quantitative estimate of drug-likeness (QED) is 0.277. The molecule has 214 valence electrons. The van der Waals surface area contributed by atoms with Crippen LogP contribution in [-0.2, 0) is 16.6 Å². The van der Waals surface area contributed by atoms with E-state index in [-0.39, 0.29) is 11.7 Å². The normalized spacial score (nSPS) is 16.6. The fourth-order valence-electron chi connectivity index (χ4n) is 5.25. The van der Waals surface area contributed by atoms with Crippen molar-refractivity contribution in [1.29, 1.82) is 5.26 Å². The molecule has 1 aliphatic heterocycles. The average molecular weight is 580 g/mol. The van der Waals surface area contributed by atoms with E-state index < -0.39 is 5.41 Å². The summed E-state index contributed by atoms with van der Waals surface area (Å²) in [5.41, 5.74) is 3.38. The molecule has 2 fully saturated rings. The minimum absolute atomic E-state index is 0.188. The lowest BCUT2D eigenvalue weighted by Crippen LogP contribution is -2.46. The molecule has 0 unspecified atom stereocenters. The number of nitrogens with zero attached hydrogens (tertiary/aromatic N) is 4. The number of benzene rings is 3. The van der Waals surface area contributed by atoms with Crippen LogP contribution in [0.1, 0.15) is 39.3 Å². The first-order valence-corrected chi connectivity index (χ1v) is 15.1. The van der Waals surface area contributed by atoms with Crippen LogP contribution in [-0.4, -0.2) is 66.2 Å². The van der Waals surface area contributed by atoms with Crippen molar-refractivity contribution in [2.75, 3.05) is 45.1 Å². The van der Waals surface area contributed by atoms with E-state index in [2.05, 4.69) is 33.2 Å². The Morgan fingerprint density at radius 3 is 2.57 bits per heavy atom. The number of likely N-dealkylation sites (N-methyl/N-ethyl adjacent to an activating group) is 1. The first kappa shape index (κ1) is 28.0. The van der Waals surface area contributed by atoms with Crippen LogP contribution < -0.4 is 10.1 Å². The number of carbonyl (C=O) groups is 2. The van der Waals surface area contributed by atoms with Crippen LogP contribution in [0.15, 0.2) is 60.7 Å². The van der Waals surface area contributed by atoms with Gasteiger partial charge in [0.25, 0.3) is 5.91 Å². The number of ketones is 1. The third kappa shape index (κ3) is 6.21. The number of anilines is 1. The van der Waals surface area contributed by atoms with Gasteiger partial charge in [0.1, 0.15) is 16.5 Å². The molecule has 1 saturated carbocycles. The number of amides is 1. The number of nitrogens with one attached hydrogen (secondary N) is 1. The number of carbonyl (C=O) groups excluding carboxylic acids is 2. The van der Waals surface area contributed by atoms with Crippen LogP contribution in [0.4, 0.5) is 5.69 Å². The number of aromatic nitrogens is 1. The number of nitriles is 1. The van der Waals surface area contributed by atoms with Gasteiger partial charge in [-0.1, -0.05) is 18.2 Å². The molecule has 0 atom stereocenters. The van der Waals surface area contributed by atoms with E-state index in [1.54, 1.807) is 6.07 Å². The molecule has 9 heteroatoms. The van der Waals surface area contributed by atoms with Gasteiger partial charge >= 0.3 is 0 Å². The van der Waals surface area contributed by atoms with Gasteiger partial charge in [0.05, 0.1) is 34.7 Å². The fourth-order valence-corrected chi connectivity index (χ4v) is 6.27. The van der Waals surface area contributed by atoms with E-state index in [1.165, 1.54) is 11.3 Å². The van der Waals surface area contributed by atoms with Crippen molar-refractivity contribution in [2.45, 2.75) is 31.6 Å². The van der Waals surface area contributed by atoms with Gasteiger partial charge in [-0.15, -0.1) is 11.3 Å². The van der Waals surface area contributed by atoms with Gasteiger partial charge in [-0.25, -0.2) is 4.98 Å². The Hall–Kier alpha value is -4.10. The molecule has 1 N–H and O–H groups in total. The summed E-state index contributed by atoms with van der Waals surface area (Å²) in [6.07, 6.45) is 2.00. The standard InChI is InChI=1S/C33H33N5O3S/c1-22-6-7-26(18-29(22)36-32(40)23-4-3-5-24(16-23)33(21-34)10-11-33)41-27-8-9-28-30(19-27)42-31(35-28)17-25(39)20-38-14-12-37(2)13-15-38/h3-9,16,18-19H,10-15,17,20H2,1-2H3,(H,36,40). The first-order chi connectivity index (χ1) is 20.3. The molecule has 42 heavy (non-hydrogen) atoms. The number of rotatable bonds is 9. The van der Waals surface area contributed by atoms with Crippen molar-refractivity contribution in [2.24, 2.45) is 0 Å². The lowest BCUT2D eigenvalue weighted by Gasteiger charge is -2.31. The van der Waals surface area contributed by atoms with Gasteiger partial charge in [-0.3, -0.25) is 14.5 Å². The molecule has 1 aromatic heterocycles. The monoisotopic (exact) mass is 579 g/mol. The molecule has 3 aromatic carbocycles. The van der Waals surface area contributed by atoms with E-state index in [0.717, 1.165) is 65.4 Å². The van der Waals surface area contributed by atoms with E-state index in [9.17, 15) is 14.9 Å². The zero-order valence-electron chi connectivity index (χ0n) is 23.9. The molecular weight excluding hydrogens is 546 g/mol. The summed E-state index contributed by atoms with van der Waals surface area (Å²) in [7, 11) is 2.11. The van der Waals surface area contributed by atoms with Gasteiger partial charge < -0.3 is 15.0 Å². The van der Waals surface area contributed by atoms with Crippen molar-refractivity contribution < 1.29 is 14.3 Å². The summed E-state index contributed by atoms with van der Waals surface area (Å²) in [6, 6.07) is 21.0. The molecule has 1 amide bonds. The van der Waals surface area contributed by atoms with Crippen molar-refractivity contribution in [3.8, 4) is 17.6 Å². The molecule has 0 radical (unpaired) electrons. The molecule has 1 saturated heterocycles. The van der Waals surface area contributed by atoms with Gasteiger partial charge in [-0.05, 0) is 68.3 Å². The Balaban J connectivity index is 1.11. The van der Waals surface area contributed by atoms with Gasteiger partial charge in [-0.2, -0.15) is 5.26 Å². The van der Waals surface area contributed by atoms with Crippen LogP contribution in [0.2, 0.25) is 0 Å². The lowest BCUT2D eigenvalue weighted by atomic mass is 9.96. The Kier molecular flexibility index (Phi) is 7.78. The molecule has 6 rings (SSSR count). The molecule has 1 aliphatic carbocycles. The minimum Gasteiger partial charge on any atom is -0.457 e. The van der Waals surface area contributed by atoms with E-state index in [0.29, 0.717) is 35.7 Å². The number of fused-ring (bicyclic) bond motifs is 1. The Morgan fingerprint density at radius 2 is 1.81 bits per heavy atom. The average Bonchev–Trinajstić information content (AvgIpc) is 3.69. The number of aryl methyl sites for hydroxylation is 1. The van der Waals surface area contributed by atoms with E-state index in [1.807, 2.05) is 61.5 Å². The van der Waals surface area contributed by atoms with Crippen LogP contribution in [0.3, 0.4) is 0 Å². The summed E-state index contributed by atoms with van der Waals surface area (Å²) in [4.78, 5) is 35.0. The van der Waals surface area contributed by atoms with Crippen molar-refractivity contribution in [3.63, 3.8) is 0 Å². The predicted molar refractivity (Wildman–Crippen MR) is 164 cm³/mol. The summed E-state index contributed by atoms with van der Waals surface area (Å²) >= 11 is 1.52. The molecular formula is C33H33N5O3S. The molecule has 2 heterocycles. The zero-order valence-corrected chi connectivity index (χ0v) is 24.7.